The Morgan fingerprint density at radius 1 is 1.12 bits per heavy atom. The maximum absolute atomic E-state index is 13.7. The number of halogens is 3. The Labute approximate surface area is 148 Å². The van der Waals surface area contributed by atoms with Crippen LogP contribution in [-0.2, 0) is 0 Å². The number of piperazine rings is 1. The van der Waals surface area contributed by atoms with E-state index in [9.17, 15) is 18.0 Å². The van der Waals surface area contributed by atoms with Crippen LogP contribution in [0, 0.1) is 5.82 Å². The molecule has 138 valence electrons. The van der Waals surface area contributed by atoms with Crippen LogP contribution in [0.15, 0.2) is 42.7 Å². The molecule has 1 N–H and O–H groups in total. The molecule has 3 rings (SSSR count). The number of pyridine rings is 1. The Bertz CT molecular complexity index is 753. The van der Waals surface area contributed by atoms with Crippen molar-refractivity contribution in [2.45, 2.75) is 6.61 Å². The number of nitrogens with one attached hydrogen (secondary N) is 1. The van der Waals surface area contributed by atoms with Gasteiger partial charge in [-0.1, -0.05) is 0 Å². The van der Waals surface area contributed by atoms with Gasteiger partial charge < -0.3 is 19.9 Å². The van der Waals surface area contributed by atoms with E-state index in [1.807, 2.05) is 12.1 Å². The zero-order valence-corrected chi connectivity index (χ0v) is 13.7. The number of carbonyl (C=O) groups is 1. The van der Waals surface area contributed by atoms with E-state index < -0.39 is 18.2 Å². The van der Waals surface area contributed by atoms with Crippen molar-refractivity contribution >= 4 is 17.4 Å². The predicted octanol–water partition coefficient (Wildman–Crippen LogP) is 3.18. The Kier molecular flexibility index (Phi) is 5.45. The normalized spacial score (nSPS) is 14.5. The van der Waals surface area contributed by atoms with Crippen LogP contribution < -0.4 is 15.0 Å². The topological polar surface area (TPSA) is 57.7 Å². The summed E-state index contributed by atoms with van der Waals surface area (Å²) >= 11 is 0. The van der Waals surface area contributed by atoms with Crippen molar-refractivity contribution in [3.8, 4) is 5.75 Å². The molecule has 0 radical (unpaired) electrons. The molecule has 0 unspecified atom stereocenters. The van der Waals surface area contributed by atoms with Crippen molar-refractivity contribution in [1.29, 1.82) is 0 Å². The molecule has 2 aromatic rings. The monoisotopic (exact) mass is 366 g/mol. The highest BCUT2D eigenvalue weighted by atomic mass is 19.3. The molecule has 1 aromatic heterocycles. The number of rotatable bonds is 4. The lowest BCUT2D eigenvalue weighted by Gasteiger charge is -2.36. The summed E-state index contributed by atoms with van der Waals surface area (Å²) in [6, 6.07) is 6.75. The Balaban J connectivity index is 1.55. The number of urea groups is 1. The van der Waals surface area contributed by atoms with Gasteiger partial charge in [-0.15, -0.1) is 0 Å². The van der Waals surface area contributed by atoms with Crippen molar-refractivity contribution in [3.05, 3.63) is 48.5 Å². The van der Waals surface area contributed by atoms with Gasteiger partial charge in [0.15, 0.2) is 11.6 Å². The highest BCUT2D eigenvalue weighted by Gasteiger charge is 2.21. The molecule has 2 heterocycles. The van der Waals surface area contributed by atoms with Crippen LogP contribution in [0.2, 0.25) is 0 Å². The smallest absolute Gasteiger partial charge is 0.387 e. The predicted molar refractivity (Wildman–Crippen MR) is 90.1 cm³/mol. The van der Waals surface area contributed by atoms with Crippen LogP contribution in [0.1, 0.15) is 0 Å². The van der Waals surface area contributed by atoms with Crippen molar-refractivity contribution in [3.63, 3.8) is 0 Å². The van der Waals surface area contributed by atoms with Crippen LogP contribution in [0.3, 0.4) is 0 Å². The zero-order valence-electron chi connectivity index (χ0n) is 13.7. The summed E-state index contributed by atoms with van der Waals surface area (Å²) in [5.74, 6) is -1.53. The Hall–Kier alpha value is -2.97. The van der Waals surface area contributed by atoms with Gasteiger partial charge in [-0.2, -0.15) is 8.78 Å². The fourth-order valence-electron chi connectivity index (χ4n) is 2.70. The maximum Gasteiger partial charge on any atom is 0.387 e. The summed E-state index contributed by atoms with van der Waals surface area (Å²) in [5.41, 5.74) is 1.21. The summed E-state index contributed by atoms with van der Waals surface area (Å²) in [6.45, 7) is -0.784. The van der Waals surface area contributed by atoms with Gasteiger partial charge in [-0.05, 0) is 24.3 Å². The molecule has 0 spiro atoms. The number of ether oxygens (including phenoxy) is 1. The van der Waals surface area contributed by atoms with E-state index >= 15 is 0 Å². The van der Waals surface area contributed by atoms with Gasteiger partial charge in [0, 0.05) is 56.0 Å². The number of nitrogens with zero attached hydrogens (tertiary/aromatic N) is 3. The van der Waals surface area contributed by atoms with E-state index in [-0.39, 0.29) is 11.7 Å². The van der Waals surface area contributed by atoms with Gasteiger partial charge in [-0.3, -0.25) is 4.98 Å². The summed E-state index contributed by atoms with van der Waals surface area (Å²) in [5, 5.41) is 2.56. The third-order valence-electron chi connectivity index (χ3n) is 3.99. The number of anilines is 2. The maximum atomic E-state index is 13.7. The van der Waals surface area contributed by atoms with Gasteiger partial charge in [0.1, 0.15) is 0 Å². The van der Waals surface area contributed by atoms with Crippen molar-refractivity contribution in [2.24, 2.45) is 0 Å². The largest absolute Gasteiger partial charge is 0.432 e. The molecule has 26 heavy (non-hydrogen) atoms. The first-order chi connectivity index (χ1) is 12.5. The van der Waals surface area contributed by atoms with Crippen LogP contribution in [0.5, 0.6) is 5.75 Å². The minimum absolute atomic E-state index is 0.172. The molecule has 1 aliphatic heterocycles. The second-order valence-electron chi connectivity index (χ2n) is 5.63. The minimum Gasteiger partial charge on any atom is -0.432 e. The molecule has 2 amide bonds. The second kappa shape index (κ2) is 7.94. The third-order valence-corrected chi connectivity index (χ3v) is 3.99. The number of hydrogen-bond donors (Lipinski definition) is 1. The van der Waals surface area contributed by atoms with Crippen molar-refractivity contribution in [2.75, 3.05) is 36.4 Å². The molecule has 0 atom stereocenters. The Morgan fingerprint density at radius 2 is 1.81 bits per heavy atom. The molecule has 1 aliphatic rings. The first kappa shape index (κ1) is 17.8. The molecule has 1 aromatic carbocycles. The van der Waals surface area contributed by atoms with Crippen molar-refractivity contribution < 1.29 is 22.7 Å². The first-order valence-electron chi connectivity index (χ1n) is 7.98. The quantitative estimate of drug-likeness (QED) is 0.903. The zero-order chi connectivity index (χ0) is 18.5. The fourth-order valence-corrected chi connectivity index (χ4v) is 2.70. The van der Waals surface area contributed by atoms with E-state index in [4.69, 9.17) is 0 Å². The van der Waals surface area contributed by atoms with Crippen LogP contribution >= 0.6 is 0 Å². The van der Waals surface area contributed by atoms with E-state index in [0.29, 0.717) is 26.2 Å². The standard InChI is InChI=1S/C17H17F3N4O2/c18-14-11-12(1-2-15(14)26-16(19)20)22-17(25)24-9-7-23(8-10-24)13-3-5-21-6-4-13/h1-6,11,16H,7-10H2,(H,22,25). The minimum atomic E-state index is -3.11. The lowest BCUT2D eigenvalue weighted by molar-refractivity contribution is -0.0521. The molecule has 0 aliphatic carbocycles. The number of hydrogen-bond acceptors (Lipinski definition) is 4. The number of amides is 2. The molecular weight excluding hydrogens is 349 g/mol. The molecule has 0 saturated carbocycles. The number of carbonyl (C=O) groups excluding carboxylic acids is 1. The first-order valence-corrected chi connectivity index (χ1v) is 7.98. The molecule has 9 heteroatoms. The van der Waals surface area contributed by atoms with Gasteiger partial charge in [0.2, 0.25) is 0 Å². The average molecular weight is 366 g/mol. The average Bonchev–Trinajstić information content (AvgIpc) is 2.64. The van der Waals surface area contributed by atoms with Gasteiger partial charge in [-0.25, -0.2) is 9.18 Å². The molecule has 1 saturated heterocycles. The van der Waals surface area contributed by atoms with Gasteiger partial charge in [0.05, 0.1) is 0 Å². The fraction of sp³-hybridized carbons (Fsp3) is 0.294. The van der Waals surface area contributed by atoms with E-state index in [2.05, 4.69) is 19.9 Å². The summed E-state index contributed by atoms with van der Waals surface area (Å²) < 4.78 is 42.0. The van der Waals surface area contributed by atoms with Gasteiger partial charge >= 0.3 is 12.6 Å². The molecule has 1 fully saturated rings. The highest BCUT2D eigenvalue weighted by Crippen LogP contribution is 2.23. The SMILES string of the molecule is O=C(Nc1ccc(OC(F)F)c(F)c1)N1CCN(c2ccncc2)CC1. The number of alkyl halides is 2. The second-order valence-corrected chi connectivity index (χ2v) is 5.63. The van der Waals surface area contributed by atoms with Crippen LogP contribution in [0.4, 0.5) is 29.3 Å². The summed E-state index contributed by atoms with van der Waals surface area (Å²) in [6.07, 6.45) is 3.43. The van der Waals surface area contributed by atoms with Crippen LogP contribution in [-0.4, -0.2) is 48.7 Å². The van der Waals surface area contributed by atoms with Crippen molar-refractivity contribution in [1.82, 2.24) is 9.88 Å². The van der Waals surface area contributed by atoms with E-state index in [1.54, 1.807) is 17.3 Å². The van der Waals surface area contributed by atoms with Crippen LogP contribution in [0.25, 0.3) is 0 Å². The Morgan fingerprint density at radius 3 is 2.42 bits per heavy atom. The lowest BCUT2D eigenvalue weighted by atomic mass is 10.2. The third kappa shape index (κ3) is 4.35. The number of aromatic nitrogens is 1. The highest BCUT2D eigenvalue weighted by molar-refractivity contribution is 5.89. The summed E-state index contributed by atoms with van der Waals surface area (Å²) in [7, 11) is 0. The molecule has 6 nitrogen and oxygen atoms in total. The molecule has 0 bridgehead atoms. The summed E-state index contributed by atoms with van der Waals surface area (Å²) in [4.78, 5) is 20.0. The number of benzene rings is 1. The van der Waals surface area contributed by atoms with Gasteiger partial charge in [0.25, 0.3) is 0 Å². The van der Waals surface area contributed by atoms with E-state index in [0.717, 1.165) is 17.8 Å². The molecular formula is C17H17F3N4O2. The lowest BCUT2D eigenvalue weighted by Crippen LogP contribution is -2.50. The van der Waals surface area contributed by atoms with E-state index in [1.165, 1.54) is 6.07 Å².